The maximum Gasteiger partial charge on any atom is 0.0948 e. The fourth-order valence-corrected chi connectivity index (χ4v) is 2.00. The number of nitrogens with zero attached hydrogens (tertiary/aromatic N) is 2. The molecule has 0 aliphatic heterocycles. The van der Waals surface area contributed by atoms with Crippen molar-refractivity contribution in [2.75, 3.05) is 0 Å². The lowest BCUT2D eigenvalue weighted by atomic mass is 10.1. The molecule has 1 heterocycles. The molecule has 0 atom stereocenters. The van der Waals surface area contributed by atoms with Gasteiger partial charge >= 0.3 is 0 Å². The number of rotatable bonds is 4. The summed E-state index contributed by atoms with van der Waals surface area (Å²) in [7, 11) is 0. The van der Waals surface area contributed by atoms with E-state index in [0.29, 0.717) is 5.88 Å². The van der Waals surface area contributed by atoms with E-state index < -0.39 is 0 Å². The molecule has 16 heavy (non-hydrogen) atoms. The Hall–Kier alpha value is -1.28. The van der Waals surface area contributed by atoms with E-state index in [2.05, 4.69) is 40.7 Å². The number of aromatic nitrogens is 2. The van der Waals surface area contributed by atoms with Gasteiger partial charge in [0, 0.05) is 12.7 Å². The van der Waals surface area contributed by atoms with Crippen LogP contribution in [0, 0.1) is 6.92 Å². The van der Waals surface area contributed by atoms with Crippen LogP contribution >= 0.6 is 11.6 Å². The summed E-state index contributed by atoms with van der Waals surface area (Å²) in [6.07, 6.45) is 4.68. The number of alkyl halides is 1. The van der Waals surface area contributed by atoms with Crippen LogP contribution in [0.5, 0.6) is 0 Å². The van der Waals surface area contributed by atoms with Gasteiger partial charge < -0.3 is 4.57 Å². The highest BCUT2D eigenvalue weighted by atomic mass is 35.5. The van der Waals surface area contributed by atoms with Gasteiger partial charge in [0.1, 0.15) is 0 Å². The van der Waals surface area contributed by atoms with Gasteiger partial charge in [-0.15, -0.1) is 11.6 Å². The molecule has 2 rings (SSSR count). The standard InChI is InChI=1S/C13H15ClN2/c1-11-3-2-4-12(7-11)5-6-16-10-15-9-13(16)8-14/h2-4,7,9-10H,5-6,8H2,1H3. The topological polar surface area (TPSA) is 17.8 Å². The lowest BCUT2D eigenvalue weighted by Gasteiger charge is -2.06. The first-order valence-electron chi connectivity index (χ1n) is 5.40. The van der Waals surface area contributed by atoms with E-state index in [4.69, 9.17) is 11.6 Å². The zero-order valence-corrected chi connectivity index (χ0v) is 10.1. The zero-order chi connectivity index (χ0) is 11.4. The van der Waals surface area contributed by atoms with Crippen molar-refractivity contribution in [3.8, 4) is 0 Å². The van der Waals surface area contributed by atoms with Crippen LogP contribution in [0.3, 0.4) is 0 Å². The second-order valence-corrected chi connectivity index (χ2v) is 4.22. The highest BCUT2D eigenvalue weighted by Gasteiger charge is 2.00. The van der Waals surface area contributed by atoms with Crippen molar-refractivity contribution in [2.24, 2.45) is 0 Å². The maximum atomic E-state index is 5.82. The van der Waals surface area contributed by atoms with E-state index in [1.807, 2.05) is 12.5 Å². The van der Waals surface area contributed by atoms with E-state index >= 15 is 0 Å². The third kappa shape index (κ3) is 2.64. The molecule has 0 radical (unpaired) electrons. The van der Waals surface area contributed by atoms with Crippen LogP contribution in [0.15, 0.2) is 36.8 Å². The van der Waals surface area contributed by atoms with Crippen LogP contribution < -0.4 is 0 Å². The van der Waals surface area contributed by atoms with Gasteiger partial charge in [-0.25, -0.2) is 4.98 Å². The summed E-state index contributed by atoms with van der Waals surface area (Å²) in [5.74, 6) is 0.522. The third-order valence-electron chi connectivity index (χ3n) is 2.66. The molecule has 1 aromatic carbocycles. The van der Waals surface area contributed by atoms with Gasteiger partial charge in [-0.2, -0.15) is 0 Å². The molecule has 0 amide bonds. The second-order valence-electron chi connectivity index (χ2n) is 3.95. The van der Waals surface area contributed by atoms with E-state index in [-0.39, 0.29) is 0 Å². The number of imidazole rings is 1. The summed E-state index contributed by atoms with van der Waals surface area (Å²) < 4.78 is 2.11. The summed E-state index contributed by atoms with van der Waals surface area (Å²) in [6.45, 7) is 3.05. The number of aryl methyl sites for hydroxylation is 3. The largest absolute Gasteiger partial charge is 0.333 e. The smallest absolute Gasteiger partial charge is 0.0948 e. The molecular formula is C13H15ClN2. The van der Waals surface area contributed by atoms with Gasteiger partial charge in [0.05, 0.1) is 17.9 Å². The Kier molecular flexibility index (Phi) is 3.62. The van der Waals surface area contributed by atoms with Gasteiger partial charge in [0.25, 0.3) is 0 Å². The van der Waals surface area contributed by atoms with Gasteiger partial charge in [0.15, 0.2) is 0 Å². The first kappa shape index (κ1) is 11.2. The molecule has 84 valence electrons. The van der Waals surface area contributed by atoms with Crippen molar-refractivity contribution in [1.29, 1.82) is 0 Å². The van der Waals surface area contributed by atoms with Gasteiger partial charge in [0.2, 0.25) is 0 Å². The van der Waals surface area contributed by atoms with Crippen LogP contribution in [-0.4, -0.2) is 9.55 Å². The van der Waals surface area contributed by atoms with Crippen molar-refractivity contribution >= 4 is 11.6 Å². The predicted octanol–water partition coefficient (Wildman–Crippen LogP) is 3.17. The lowest BCUT2D eigenvalue weighted by Crippen LogP contribution is -2.03. The van der Waals surface area contributed by atoms with Crippen LogP contribution in [-0.2, 0) is 18.8 Å². The molecule has 0 fully saturated rings. The van der Waals surface area contributed by atoms with Crippen LogP contribution in [0.2, 0.25) is 0 Å². The number of hydrogen-bond donors (Lipinski definition) is 0. The zero-order valence-electron chi connectivity index (χ0n) is 9.36. The van der Waals surface area contributed by atoms with Crippen molar-refractivity contribution < 1.29 is 0 Å². The van der Waals surface area contributed by atoms with E-state index in [9.17, 15) is 0 Å². The van der Waals surface area contributed by atoms with E-state index in [0.717, 1.165) is 18.7 Å². The normalized spacial score (nSPS) is 10.6. The second kappa shape index (κ2) is 5.17. The Morgan fingerprint density at radius 1 is 1.38 bits per heavy atom. The molecule has 0 saturated heterocycles. The molecule has 0 unspecified atom stereocenters. The Morgan fingerprint density at radius 2 is 2.25 bits per heavy atom. The highest BCUT2D eigenvalue weighted by molar-refractivity contribution is 6.16. The van der Waals surface area contributed by atoms with E-state index in [1.54, 1.807) is 0 Å². The highest BCUT2D eigenvalue weighted by Crippen LogP contribution is 2.08. The average molecular weight is 235 g/mol. The Labute approximate surface area is 101 Å². The average Bonchev–Trinajstić information content (AvgIpc) is 2.74. The van der Waals surface area contributed by atoms with E-state index in [1.165, 1.54) is 11.1 Å². The number of halogens is 1. The molecule has 0 N–H and O–H groups in total. The van der Waals surface area contributed by atoms with Crippen molar-refractivity contribution in [3.05, 3.63) is 53.6 Å². The molecule has 0 bridgehead atoms. The fourth-order valence-electron chi connectivity index (χ4n) is 1.78. The van der Waals surface area contributed by atoms with Crippen LogP contribution in [0.1, 0.15) is 16.8 Å². The van der Waals surface area contributed by atoms with Gasteiger partial charge in [-0.1, -0.05) is 29.8 Å². The van der Waals surface area contributed by atoms with Crippen molar-refractivity contribution in [2.45, 2.75) is 25.8 Å². The maximum absolute atomic E-state index is 5.82. The minimum Gasteiger partial charge on any atom is -0.333 e. The molecule has 1 aromatic heterocycles. The molecule has 2 nitrogen and oxygen atoms in total. The lowest BCUT2D eigenvalue weighted by molar-refractivity contribution is 0.674. The predicted molar refractivity (Wildman–Crippen MR) is 66.7 cm³/mol. The monoisotopic (exact) mass is 234 g/mol. The third-order valence-corrected chi connectivity index (χ3v) is 2.93. The summed E-state index contributed by atoms with van der Waals surface area (Å²) in [6, 6.07) is 8.59. The number of hydrogen-bond acceptors (Lipinski definition) is 1. The molecule has 0 aliphatic rings. The first-order chi connectivity index (χ1) is 7.79. The molecule has 3 heteroatoms. The minimum atomic E-state index is 0.522. The summed E-state index contributed by atoms with van der Waals surface area (Å²) in [5.41, 5.74) is 3.74. The summed E-state index contributed by atoms with van der Waals surface area (Å²) in [5, 5.41) is 0. The van der Waals surface area contributed by atoms with Crippen LogP contribution in [0.25, 0.3) is 0 Å². The Morgan fingerprint density at radius 3 is 3.00 bits per heavy atom. The fraction of sp³-hybridized carbons (Fsp3) is 0.308. The van der Waals surface area contributed by atoms with Gasteiger partial charge in [-0.3, -0.25) is 0 Å². The minimum absolute atomic E-state index is 0.522. The first-order valence-corrected chi connectivity index (χ1v) is 5.93. The van der Waals surface area contributed by atoms with Gasteiger partial charge in [-0.05, 0) is 18.9 Å². The van der Waals surface area contributed by atoms with Crippen LogP contribution in [0.4, 0.5) is 0 Å². The number of benzene rings is 1. The molecule has 2 aromatic rings. The Balaban J connectivity index is 2.02. The summed E-state index contributed by atoms with van der Waals surface area (Å²) in [4.78, 5) is 4.10. The molecule has 0 aliphatic carbocycles. The van der Waals surface area contributed by atoms with Crippen molar-refractivity contribution in [1.82, 2.24) is 9.55 Å². The van der Waals surface area contributed by atoms with Crippen molar-refractivity contribution in [3.63, 3.8) is 0 Å². The molecule has 0 spiro atoms. The molecular weight excluding hydrogens is 220 g/mol. The SMILES string of the molecule is Cc1cccc(CCn2cncc2CCl)c1. The Bertz CT molecular complexity index is 462. The summed E-state index contributed by atoms with van der Waals surface area (Å²) >= 11 is 5.82. The molecule has 0 saturated carbocycles. The quantitative estimate of drug-likeness (QED) is 0.743.